The summed E-state index contributed by atoms with van der Waals surface area (Å²) in [6.07, 6.45) is 0. The minimum Gasteiger partial charge on any atom is -0.386 e. The van der Waals surface area contributed by atoms with E-state index in [1.807, 2.05) is 19.9 Å². The van der Waals surface area contributed by atoms with E-state index in [4.69, 9.17) is 0 Å². The van der Waals surface area contributed by atoms with Gasteiger partial charge in [-0.25, -0.2) is 0 Å². The van der Waals surface area contributed by atoms with Crippen LogP contribution in [0.1, 0.15) is 24.2 Å². The molecule has 0 spiro atoms. The molecule has 0 bridgehead atoms. The van der Waals surface area contributed by atoms with E-state index in [0.717, 1.165) is 8.95 Å². The van der Waals surface area contributed by atoms with Crippen molar-refractivity contribution in [2.45, 2.75) is 19.4 Å². The monoisotopic (exact) mass is 375 g/mol. The maximum Gasteiger partial charge on any atom is 0.254 e. The van der Waals surface area contributed by atoms with Crippen molar-refractivity contribution < 1.29 is 9.90 Å². The van der Waals surface area contributed by atoms with E-state index in [0.29, 0.717) is 18.7 Å². The largest absolute Gasteiger partial charge is 0.386 e. The molecule has 1 aromatic rings. The van der Waals surface area contributed by atoms with Gasteiger partial charge < -0.3 is 10.0 Å². The normalized spacial score (nSPS) is 17.8. The van der Waals surface area contributed by atoms with Crippen molar-refractivity contribution in [3.8, 4) is 0 Å². The maximum atomic E-state index is 12.2. The molecule has 1 heterocycles. The Morgan fingerprint density at radius 1 is 1.28 bits per heavy atom. The molecule has 3 nitrogen and oxygen atoms in total. The highest BCUT2D eigenvalue weighted by molar-refractivity contribution is 9.11. The van der Waals surface area contributed by atoms with Gasteiger partial charge in [-0.15, -0.1) is 0 Å². The van der Waals surface area contributed by atoms with Gasteiger partial charge in [-0.3, -0.25) is 4.79 Å². The fourth-order valence-electron chi connectivity index (χ4n) is 1.98. The lowest BCUT2D eigenvalue weighted by Crippen LogP contribution is -2.65. The quantitative estimate of drug-likeness (QED) is 0.861. The number of hydrogen-bond acceptors (Lipinski definition) is 2. The van der Waals surface area contributed by atoms with Gasteiger partial charge in [0, 0.05) is 14.5 Å². The van der Waals surface area contributed by atoms with Crippen molar-refractivity contribution in [1.29, 1.82) is 0 Å². The molecule has 0 atom stereocenters. The second kappa shape index (κ2) is 4.94. The molecule has 18 heavy (non-hydrogen) atoms. The highest BCUT2D eigenvalue weighted by Gasteiger charge is 2.45. The zero-order valence-corrected chi connectivity index (χ0v) is 13.5. The van der Waals surface area contributed by atoms with Crippen molar-refractivity contribution >= 4 is 37.8 Å². The molecule has 1 amide bonds. The minimum atomic E-state index is -0.723. The number of hydrogen-bond donors (Lipinski definition) is 1. The van der Waals surface area contributed by atoms with Gasteiger partial charge in [0.15, 0.2) is 0 Å². The van der Waals surface area contributed by atoms with Crippen molar-refractivity contribution in [2.24, 2.45) is 5.92 Å². The standard InChI is InChI=1S/C13H15Br2NO2/c1-8(2)13(18)6-16(7-13)12(17)9-3-10(14)5-11(15)4-9/h3-5,8,18H,6-7H2,1-2H3. The first-order valence-electron chi connectivity index (χ1n) is 5.79. The van der Waals surface area contributed by atoms with Gasteiger partial charge in [-0.05, 0) is 24.1 Å². The SMILES string of the molecule is CC(C)C1(O)CN(C(=O)c2cc(Br)cc(Br)c2)C1. The summed E-state index contributed by atoms with van der Waals surface area (Å²) >= 11 is 6.73. The van der Waals surface area contributed by atoms with E-state index >= 15 is 0 Å². The molecule has 5 heteroatoms. The molecule has 0 aliphatic carbocycles. The van der Waals surface area contributed by atoms with Crippen LogP contribution in [0.25, 0.3) is 0 Å². The van der Waals surface area contributed by atoms with E-state index in [-0.39, 0.29) is 11.8 Å². The van der Waals surface area contributed by atoms with Crippen LogP contribution in [0, 0.1) is 5.92 Å². The molecule has 1 saturated heterocycles. The summed E-state index contributed by atoms with van der Waals surface area (Å²) in [4.78, 5) is 13.9. The Kier molecular flexibility index (Phi) is 3.85. The van der Waals surface area contributed by atoms with Crippen LogP contribution in [0.5, 0.6) is 0 Å². The second-order valence-electron chi connectivity index (χ2n) is 5.08. The average Bonchev–Trinajstić information content (AvgIpc) is 2.22. The molecule has 1 aliphatic rings. The number of amides is 1. The van der Waals surface area contributed by atoms with Crippen molar-refractivity contribution in [3.63, 3.8) is 0 Å². The fourth-order valence-corrected chi connectivity index (χ4v) is 3.28. The van der Waals surface area contributed by atoms with Gasteiger partial charge in [0.25, 0.3) is 5.91 Å². The Hall–Kier alpha value is -0.390. The zero-order chi connectivity index (χ0) is 13.5. The summed E-state index contributed by atoms with van der Waals surface area (Å²) < 4.78 is 1.72. The van der Waals surface area contributed by atoms with Gasteiger partial charge in [0.1, 0.15) is 5.60 Å². The number of likely N-dealkylation sites (tertiary alicyclic amines) is 1. The van der Waals surface area contributed by atoms with Gasteiger partial charge >= 0.3 is 0 Å². The van der Waals surface area contributed by atoms with Crippen LogP contribution in [-0.4, -0.2) is 34.6 Å². The van der Waals surface area contributed by atoms with Crippen molar-refractivity contribution in [2.75, 3.05) is 13.1 Å². The maximum absolute atomic E-state index is 12.2. The third kappa shape index (κ3) is 2.63. The number of rotatable bonds is 2. The third-order valence-electron chi connectivity index (χ3n) is 3.40. The van der Waals surface area contributed by atoms with E-state index in [2.05, 4.69) is 31.9 Å². The molecule has 0 saturated carbocycles. The molecular formula is C13H15Br2NO2. The van der Waals surface area contributed by atoms with E-state index in [1.165, 1.54) is 0 Å². The van der Waals surface area contributed by atoms with Crippen LogP contribution < -0.4 is 0 Å². The van der Waals surface area contributed by atoms with Gasteiger partial charge in [0.05, 0.1) is 13.1 Å². The first-order valence-corrected chi connectivity index (χ1v) is 7.38. The van der Waals surface area contributed by atoms with Gasteiger partial charge in [-0.1, -0.05) is 45.7 Å². The summed E-state index contributed by atoms with van der Waals surface area (Å²) in [6.45, 7) is 4.76. The molecule has 0 aromatic heterocycles. The summed E-state index contributed by atoms with van der Waals surface area (Å²) in [7, 11) is 0. The smallest absolute Gasteiger partial charge is 0.254 e. The highest BCUT2D eigenvalue weighted by Crippen LogP contribution is 2.30. The van der Waals surface area contributed by atoms with Crippen LogP contribution in [0.3, 0.4) is 0 Å². The number of halogens is 2. The summed E-state index contributed by atoms with van der Waals surface area (Å²) in [5.41, 5.74) is -0.0964. The summed E-state index contributed by atoms with van der Waals surface area (Å²) in [5.74, 6) is 0.123. The van der Waals surface area contributed by atoms with Gasteiger partial charge in [0.2, 0.25) is 0 Å². The minimum absolute atomic E-state index is 0.0395. The first-order chi connectivity index (χ1) is 8.32. The molecule has 0 radical (unpaired) electrons. The van der Waals surface area contributed by atoms with E-state index in [1.54, 1.807) is 17.0 Å². The van der Waals surface area contributed by atoms with Crippen molar-refractivity contribution in [1.82, 2.24) is 4.90 Å². The van der Waals surface area contributed by atoms with Crippen LogP contribution in [0.15, 0.2) is 27.1 Å². The lowest BCUT2D eigenvalue weighted by Gasteiger charge is -2.49. The Morgan fingerprint density at radius 2 is 1.78 bits per heavy atom. The van der Waals surface area contributed by atoms with Gasteiger partial charge in [-0.2, -0.15) is 0 Å². The predicted octanol–water partition coefficient (Wildman–Crippen LogP) is 3.05. The molecule has 98 valence electrons. The fraction of sp³-hybridized carbons (Fsp3) is 0.462. The van der Waals surface area contributed by atoms with Crippen LogP contribution >= 0.6 is 31.9 Å². The number of aliphatic hydroxyl groups is 1. The summed E-state index contributed by atoms with van der Waals surface area (Å²) in [5, 5.41) is 10.2. The lowest BCUT2D eigenvalue weighted by molar-refractivity contribution is -0.110. The third-order valence-corrected chi connectivity index (χ3v) is 4.32. The van der Waals surface area contributed by atoms with Crippen LogP contribution in [0.2, 0.25) is 0 Å². The molecule has 1 fully saturated rings. The van der Waals surface area contributed by atoms with Crippen molar-refractivity contribution in [3.05, 3.63) is 32.7 Å². The van der Waals surface area contributed by atoms with Crippen LogP contribution in [-0.2, 0) is 0 Å². The number of carbonyl (C=O) groups is 1. The second-order valence-corrected chi connectivity index (χ2v) is 6.91. The molecule has 1 aromatic carbocycles. The zero-order valence-electron chi connectivity index (χ0n) is 10.3. The number of benzene rings is 1. The summed E-state index contributed by atoms with van der Waals surface area (Å²) in [6, 6.07) is 5.47. The number of carbonyl (C=O) groups excluding carboxylic acids is 1. The Labute approximate surface area is 123 Å². The lowest BCUT2D eigenvalue weighted by atomic mass is 9.82. The highest BCUT2D eigenvalue weighted by atomic mass is 79.9. The molecule has 2 rings (SSSR count). The molecule has 1 N–H and O–H groups in total. The Morgan fingerprint density at radius 3 is 2.22 bits per heavy atom. The number of nitrogens with zero attached hydrogens (tertiary/aromatic N) is 1. The first kappa shape index (κ1) is 14.0. The molecule has 1 aliphatic heterocycles. The predicted molar refractivity (Wildman–Crippen MR) is 77.5 cm³/mol. The van der Waals surface area contributed by atoms with Crippen LogP contribution in [0.4, 0.5) is 0 Å². The van der Waals surface area contributed by atoms with E-state index in [9.17, 15) is 9.90 Å². The Bertz CT molecular complexity index is 462. The van der Waals surface area contributed by atoms with E-state index < -0.39 is 5.60 Å². The molecular weight excluding hydrogens is 362 g/mol. The topological polar surface area (TPSA) is 40.5 Å². The number of β-amino-alcohol motifs (C(OH)–C–C–N with tert-alkyl or cyclic N) is 1. The Balaban J connectivity index is 2.10. The molecule has 0 unspecified atom stereocenters. The average molecular weight is 377 g/mol.